The first kappa shape index (κ1) is 19.2. The number of hydrogen-bond acceptors (Lipinski definition) is 5. The SMILES string of the molecule is CCOc1ncccc1CNC(=NC)NC1CCN(c2ncccc2Cl)C1. The first-order valence-corrected chi connectivity index (χ1v) is 9.48. The Morgan fingerprint density at radius 3 is 2.93 bits per heavy atom. The molecule has 3 heterocycles. The van der Waals surface area contributed by atoms with Crippen LogP contribution in [0.2, 0.25) is 5.02 Å². The number of aliphatic imine (C=N–C) groups is 1. The van der Waals surface area contributed by atoms with Crippen molar-refractivity contribution in [3.05, 3.63) is 47.2 Å². The van der Waals surface area contributed by atoms with Gasteiger partial charge in [-0.1, -0.05) is 17.7 Å². The molecule has 1 atom stereocenters. The molecule has 2 aromatic heterocycles. The van der Waals surface area contributed by atoms with E-state index in [1.165, 1.54) is 0 Å². The van der Waals surface area contributed by atoms with Crippen molar-refractivity contribution >= 4 is 23.4 Å². The zero-order valence-electron chi connectivity index (χ0n) is 15.7. The van der Waals surface area contributed by atoms with Gasteiger partial charge in [-0.25, -0.2) is 9.97 Å². The van der Waals surface area contributed by atoms with Gasteiger partial charge >= 0.3 is 0 Å². The maximum atomic E-state index is 6.26. The second-order valence-corrected chi connectivity index (χ2v) is 6.62. The molecule has 1 aliphatic rings. The van der Waals surface area contributed by atoms with Crippen molar-refractivity contribution in [3.63, 3.8) is 0 Å². The third-order valence-electron chi connectivity index (χ3n) is 4.37. The second-order valence-electron chi connectivity index (χ2n) is 6.21. The Kier molecular flexibility index (Phi) is 6.70. The third kappa shape index (κ3) is 5.01. The third-order valence-corrected chi connectivity index (χ3v) is 4.66. The molecule has 7 nitrogen and oxygen atoms in total. The van der Waals surface area contributed by atoms with Crippen LogP contribution in [0.3, 0.4) is 0 Å². The van der Waals surface area contributed by atoms with Crippen molar-refractivity contribution in [2.24, 2.45) is 4.99 Å². The molecule has 0 spiro atoms. The lowest BCUT2D eigenvalue weighted by Crippen LogP contribution is -2.44. The molecule has 144 valence electrons. The van der Waals surface area contributed by atoms with Crippen LogP contribution < -0.4 is 20.3 Å². The predicted molar refractivity (Wildman–Crippen MR) is 109 cm³/mol. The van der Waals surface area contributed by atoms with Gasteiger partial charge in [0.05, 0.1) is 11.6 Å². The number of rotatable bonds is 6. The molecule has 1 unspecified atom stereocenters. The summed E-state index contributed by atoms with van der Waals surface area (Å²) in [5.74, 6) is 2.24. The maximum Gasteiger partial charge on any atom is 0.218 e. The Morgan fingerprint density at radius 1 is 1.33 bits per heavy atom. The highest BCUT2D eigenvalue weighted by Gasteiger charge is 2.25. The van der Waals surface area contributed by atoms with Crippen molar-refractivity contribution in [1.82, 2.24) is 20.6 Å². The summed E-state index contributed by atoms with van der Waals surface area (Å²) >= 11 is 6.26. The number of nitrogens with one attached hydrogen (secondary N) is 2. The fraction of sp³-hybridized carbons (Fsp3) is 0.421. The van der Waals surface area contributed by atoms with Crippen LogP contribution in [0.15, 0.2) is 41.7 Å². The van der Waals surface area contributed by atoms with E-state index in [0.29, 0.717) is 24.1 Å². The molecule has 1 aliphatic heterocycles. The average molecular weight is 389 g/mol. The van der Waals surface area contributed by atoms with Gasteiger partial charge in [0.25, 0.3) is 0 Å². The summed E-state index contributed by atoms with van der Waals surface area (Å²) in [5, 5.41) is 7.49. The molecule has 1 fully saturated rings. The molecule has 2 aromatic rings. The maximum absolute atomic E-state index is 6.26. The van der Waals surface area contributed by atoms with Crippen LogP contribution in [0.1, 0.15) is 18.9 Å². The molecular formula is C19H25ClN6O. The molecule has 0 saturated carbocycles. The molecule has 0 aliphatic carbocycles. The molecule has 8 heteroatoms. The Hall–Kier alpha value is -2.54. The molecule has 3 rings (SSSR count). The number of hydrogen-bond donors (Lipinski definition) is 2. The first-order valence-electron chi connectivity index (χ1n) is 9.10. The number of guanidine groups is 1. The van der Waals surface area contributed by atoms with E-state index < -0.39 is 0 Å². The van der Waals surface area contributed by atoms with Crippen molar-refractivity contribution in [2.45, 2.75) is 25.9 Å². The molecule has 27 heavy (non-hydrogen) atoms. The quantitative estimate of drug-likeness (QED) is 0.585. The molecule has 0 radical (unpaired) electrons. The van der Waals surface area contributed by atoms with E-state index in [0.717, 1.165) is 36.9 Å². The van der Waals surface area contributed by atoms with Gasteiger partial charge in [-0.2, -0.15) is 0 Å². The fourth-order valence-corrected chi connectivity index (χ4v) is 3.31. The summed E-state index contributed by atoms with van der Waals surface area (Å²) in [4.78, 5) is 15.2. The molecule has 0 aromatic carbocycles. The highest BCUT2D eigenvalue weighted by molar-refractivity contribution is 6.32. The molecule has 0 amide bonds. The van der Waals surface area contributed by atoms with E-state index in [4.69, 9.17) is 16.3 Å². The normalized spacial score (nSPS) is 17.1. The largest absolute Gasteiger partial charge is 0.478 e. The summed E-state index contributed by atoms with van der Waals surface area (Å²) < 4.78 is 5.57. The summed E-state index contributed by atoms with van der Waals surface area (Å²) in [7, 11) is 1.77. The minimum atomic E-state index is 0.273. The van der Waals surface area contributed by atoms with Gasteiger partial charge in [-0.05, 0) is 31.5 Å². The topological polar surface area (TPSA) is 74.7 Å². The minimum absolute atomic E-state index is 0.273. The number of ether oxygens (including phenoxy) is 1. The summed E-state index contributed by atoms with van der Waals surface area (Å²) in [6.45, 7) is 4.86. The lowest BCUT2D eigenvalue weighted by atomic mass is 10.2. The summed E-state index contributed by atoms with van der Waals surface area (Å²) in [6, 6.07) is 7.89. The monoisotopic (exact) mass is 388 g/mol. The van der Waals surface area contributed by atoms with E-state index in [-0.39, 0.29) is 6.04 Å². The van der Waals surface area contributed by atoms with Crippen molar-refractivity contribution < 1.29 is 4.74 Å². The highest BCUT2D eigenvalue weighted by Crippen LogP contribution is 2.25. The fourth-order valence-electron chi connectivity index (χ4n) is 3.07. The predicted octanol–water partition coefficient (Wildman–Crippen LogP) is 2.47. The molecule has 2 N–H and O–H groups in total. The van der Waals surface area contributed by atoms with E-state index >= 15 is 0 Å². The van der Waals surface area contributed by atoms with Crippen molar-refractivity contribution in [1.29, 1.82) is 0 Å². The van der Waals surface area contributed by atoms with Gasteiger partial charge in [-0.3, -0.25) is 4.99 Å². The second kappa shape index (κ2) is 9.41. The van der Waals surface area contributed by atoms with Crippen molar-refractivity contribution in [3.8, 4) is 5.88 Å². The Bertz CT molecular complexity index is 784. The zero-order valence-corrected chi connectivity index (χ0v) is 16.4. The van der Waals surface area contributed by atoms with Crippen LogP contribution >= 0.6 is 11.6 Å². The first-order chi connectivity index (χ1) is 13.2. The van der Waals surface area contributed by atoms with Gasteiger partial charge in [0.15, 0.2) is 5.96 Å². The standard InChI is InChI=1S/C19H25ClN6O/c1-3-27-18-14(6-4-10-23-18)12-24-19(21-2)25-15-8-11-26(13-15)17-16(20)7-5-9-22-17/h4-7,9-10,15H,3,8,11-13H2,1-2H3,(H2,21,24,25). The van der Waals surface area contributed by atoms with Crippen molar-refractivity contribution in [2.75, 3.05) is 31.6 Å². The van der Waals surface area contributed by atoms with Crippen LogP contribution in [-0.4, -0.2) is 48.7 Å². The van der Waals surface area contributed by atoms with Crippen LogP contribution in [0.25, 0.3) is 0 Å². The number of pyridine rings is 2. The Morgan fingerprint density at radius 2 is 2.15 bits per heavy atom. The number of nitrogens with zero attached hydrogens (tertiary/aromatic N) is 4. The van der Waals surface area contributed by atoms with Crippen LogP contribution in [-0.2, 0) is 6.54 Å². The number of anilines is 1. The molecular weight excluding hydrogens is 364 g/mol. The van der Waals surface area contributed by atoms with E-state index in [9.17, 15) is 0 Å². The van der Waals surface area contributed by atoms with Gasteiger partial charge in [0.1, 0.15) is 5.82 Å². The average Bonchev–Trinajstić information content (AvgIpc) is 3.15. The lowest BCUT2D eigenvalue weighted by molar-refractivity contribution is 0.322. The van der Waals surface area contributed by atoms with Crippen LogP contribution in [0.5, 0.6) is 5.88 Å². The smallest absolute Gasteiger partial charge is 0.218 e. The van der Waals surface area contributed by atoms with Gasteiger partial charge in [-0.15, -0.1) is 0 Å². The zero-order chi connectivity index (χ0) is 19.1. The summed E-state index contributed by atoms with van der Waals surface area (Å²) in [5.41, 5.74) is 0.996. The molecule has 0 bridgehead atoms. The van der Waals surface area contributed by atoms with E-state index in [2.05, 4.69) is 30.5 Å². The van der Waals surface area contributed by atoms with Crippen LogP contribution in [0.4, 0.5) is 5.82 Å². The number of halogens is 1. The van der Waals surface area contributed by atoms with Crippen LogP contribution in [0, 0.1) is 0 Å². The van der Waals surface area contributed by atoms with E-state index in [1.807, 2.05) is 31.2 Å². The van der Waals surface area contributed by atoms with E-state index in [1.54, 1.807) is 19.4 Å². The molecule has 1 saturated heterocycles. The Balaban J connectivity index is 1.55. The van der Waals surface area contributed by atoms with Gasteiger partial charge in [0, 0.05) is 50.7 Å². The minimum Gasteiger partial charge on any atom is -0.478 e. The summed E-state index contributed by atoms with van der Waals surface area (Å²) in [6.07, 6.45) is 4.49. The Labute approximate surface area is 164 Å². The van der Waals surface area contributed by atoms with Gasteiger partial charge < -0.3 is 20.3 Å². The highest BCUT2D eigenvalue weighted by atomic mass is 35.5. The lowest BCUT2D eigenvalue weighted by Gasteiger charge is -2.20. The van der Waals surface area contributed by atoms with Gasteiger partial charge in [0.2, 0.25) is 5.88 Å². The number of aromatic nitrogens is 2.